The maximum absolute atomic E-state index is 15.5. The van der Waals surface area contributed by atoms with E-state index in [0.29, 0.717) is 58.2 Å². The number of imidazole rings is 1. The van der Waals surface area contributed by atoms with Gasteiger partial charge in [0.15, 0.2) is 28.2 Å². The molecule has 0 saturated heterocycles. The molecule has 10 nitrogen and oxygen atoms in total. The van der Waals surface area contributed by atoms with Gasteiger partial charge in [0, 0.05) is 49.0 Å². The molecule has 0 aliphatic rings. The number of hydrogen-bond acceptors (Lipinski definition) is 9. The van der Waals surface area contributed by atoms with Gasteiger partial charge in [-0.05, 0) is 59.7 Å². The van der Waals surface area contributed by atoms with Crippen molar-refractivity contribution in [2.45, 2.75) is 10.9 Å². The molecule has 0 radical (unpaired) electrons. The van der Waals surface area contributed by atoms with Gasteiger partial charge >= 0.3 is 0 Å². The molecule has 0 fully saturated rings. The van der Waals surface area contributed by atoms with Crippen LogP contribution < -0.4 is 24.4 Å². The van der Waals surface area contributed by atoms with Crippen molar-refractivity contribution >= 4 is 34.9 Å². The van der Waals surface area contributed by atoms with Crippen molar-refractivity contribution in [1.29, 1.82) is 0 Å². The molecule has 0 aliphatic carbocycles. The van der Waals surface area contributed by atoms with E-state index in [2.05, 4.69) is 10.3 Å². The summed E-state index contributed by atoms with van der Waals surface area (Å²) in [4.78, 5) is 18.5. The van der Waals surface area contributed by atoms with Crippen LogP contribution >= 0.6 is 11.8 Å². The van der Waals surface area contributed by atoms with E-state index in [9.17, 15) is 9.18 Å². The lowest BCUT2D eigenvalue weighted by atomic mass is 10.0. The lowest BCUT2D eigenvalue weighted by molar-refractivity contribution is -0.121. The van der Waals surface area contributed by atoms with Crippen LogP contribution in [0.15, 0.2) is 84.1 Å². The molecule has 51 heavy (non-hydrogen) atoms. The van der Waals surface area contributed by atoms with Crippen molar-refractivity contribution in [3.63, 3.8) is 0 Å². The quantitative estimate of drug-likeness (QED) is 0.0815. The molecule has 1 aromatic heterocycles. The van der Waals surface area contributed by atoms with Crippen LogP contribution in [0.1, 0.15) is 5.56 Å². The molecule has 0 bridgehead atoms. The van der Waals surface area contributed by atoms with E-state index in [1.54, 1.807) is 67.4 Å². The number of carbonyl (C=O) groups is 1. The van der Waals surface area contributed by atoms with Gasteiger partial charge in [0.25, 0.3) is 0 Å². The van der Waals surface area contributed by atoms with Gasteiger partial charge in [-0.15, -0.1) is 0 Å². The SMILES string of the molecule is COCCOCC(=O)Nc1ccc(-c2cc(F)c(CSc3ncc(N(C)c4ccc(OC)c(OC)c4)n3-c3ccc(F)c(OC)c3)c(F)c2)cc1. The van der Waals surface area contributed by atoms with Crippen LogP contribution in [0, 0.1) is 17.5 Å². The van der Waals surface area contributed by atoms with Crippen molar-refractivity contribution < 1.29 is 41.7 Å². The van der Waals surface area contributed by atoms with E-state index in [4.69, 9.17) is 23.7 Å². The number of amides is 1. The molecule has 0 spiro atoms. The van der Waals surface area contributed by atoms with Crippen LogP contribution in [-0.2, 0) is 20.0 Å². The number of halogens is 3. The molecule has 0 unspecified atom stereocenters. The molecule has 5 aromatic rings. The first-order chi connectivity index (χ1) is 24.7. The number of nitrogens with one attached hydrogen (secondary N) is 1. The molecule has 1 heterocycles. The summed E-state index contributed by atoms with van der Waals surface area (Å²) in [5.41, 5.74) is 2.52. The predicted octanol–water partition coefficient (Wildman–Crippen LogP) is 7.64. The van der Waals surface area contributed by atoms with Crippen LogP contribution in [-0.4, -0.2) is 70.8 Å². The highest BCUT2D eigenvalue weighted by atomic mass is 32.2. The summed E-state index contributed by atoms with van der Waals surface area (Å²) in [7, 11) is 7.82. The van der Waals surface area contributed by atoms with Gasteiger partial charge in [-0.2, -0.15) is 0 Å². The van der Waals surface area contributed by atoms with Crippen molar-refractivity contribution in [2.75, 3.05) is 65.5 Å². The second kappa shape index (κ2) is 17.2. The van der Waals surface area contributed by atoms with Crippen molar-refractivity contribution in [2.24, 2.45) is 0 Å². The van der Waals surface area contributed by atoms with E-state index >= 15 is 8.78 Å². The summed E-state index contributed by atoms with van der Waals surface area (Å²) in [6.07, 6.45) is 1.62. The van der Waals surface area contributed by atoms with Gasteiger partial charge < -0.3 is 33.9 Å². The molecule has 1 amide bonds. The van der Waals surface area contributed by atoms with Crippen LogP contribution in [0.25, 0.3) is 16.8 Å². The Morgan fingerprint density at radius 1 is 0.804 bits per heavy atom. The summed E-state index contributed by atoms with van der Waals surface area (Å²) >= 11 is 1.11. The molecular formula is C37H37F3N4O6S. The van der Waals surface area contributed by atoms with Crippen LogP contribution in [0.5, 0.6) is 17.2 Å². The summed E-state index contributed by atoms with van der Waals surface area (Å²) in [5, 5.41) is 3.11. The highest BCUT2D eigenvalue weighted by Crippen LogP contribution is 2.38. The number of anilines is 3. The zero-order chi connectivity index (χ0) is 36.5. The average molecular weight is 723 g/mol. The summed E-state index contributed by atoms with van der Waals surface area (Å²) in [6.45, 7) is 0.540. The van der Waals surface area contributed by atoms with Gasteiger partial charge in [-0.1, -0.05) is 23.9 Å². The number of benzene rings is 4. The minimum atomic E-state index is -0.729. The zero-order valence-corrected chi connectivity index (χ0v) is 29.5. The minimum Gasteiger partial charge on any atom is -0.494 e. The second-order valence-electron chi connectivity index (χ2n) is 11.0. The highest BCUT2D eigenvalue weighted by Gasteiger charge is 2.21. The fraction of sp³-hybridized carbons (Fsp3) is 0.243. The topological polar surface area (TPSA) is 96.3 Å². The Bertz CT molecular complexity index is 1950. The molecule has 0 atom stereocenters. The van der Waals surface area contributed by atoms with E-state index in [0.717, 1.165) is 17.4 Å². The van der Waals surface area contributed by atoms with E-state index < -0.39 is 17.5 Å². The van der Waals surface area contributed by atoms with Gasteiger partial charge in [0.2, 0.25) is 5.91 Å². The lowest BCUT2D eigenvalue weighted by Gasteiger charge is -2.23. The number of aromatic nitrogens is 2. The number of methoxy groups -OCH3 is 4. The third kappa shape index (κ3) is 8.77. The van der Waals surface area contributed by atoms with Crippen molar-refractivity contribution in [3.8, 4) is 34.1 Å². The Kier molecular flexibility index (Phi) is 12.5. The summed E-state index contributed by atoms with van der Waals surface area (Å²) in [5.74, 6) is -0.764. The van der Waals surface area contributed by atoms with Gasteiger partial charge in [0.1, 0.15) is 24.1 Å². The van der Waals surface area contributed by atoms with Gasteiger partial charge in [-0.25, -0.2) is 18.2 Å². The smallest absolute Gasteiger partial charge is 0.250 e. The monoisotopic (exact) mass is 722 g/mol. The van der Waals surface area contributed by atoms with Gasteiger partial charge in [0.05, 0.1) is 46.4 Å². The molecular weight excluding hydrogens is 685 g/mol. The number of carbonyl (C=O) groups excluding carboxylic acids is 1. The first-order valence-corrected chi connectivity index (χ1v) is 16.6. The number of ether oxygens (including phenoxy) is 5. The normalized spacial score (nSPS) is 11.0. The van der Waals surface area contributed by atoms with Crippen molar-refractivity contribution in [1.82, 2.24) is 9.55 Å². The number of hydrogen-bond donors (Lipinski definition) is 1. The molecule has 268 valence electrons. The molecule has 0 saturated carbocycles. The standard InChI is InChI=1S/C37H37F3N4O6S/c1-43(26-11-13-32(47-3)34(18-26)49-5)36-20-41-37(44(36)27-10-12-29(38)33(19-27)48-4)51-22-28-30(39)16-24(17-31(28)40)23-6-8-25(9-7-23)42-35(45)21-50-15-14-46-2/h6-13,16-20H,14-15,21-22H2,1-5H3,(H,42,45). The third-order valence-electron chi connectivity index (χ3n) is 7.86. The fourth-order valence-corrected chi connectivity index (χ4v) is 6.16. The Hall–Kier alpha value is -5.18. The van der Waals surface area contributed by atoms with E-state index in [-0.39, 0.29) is 29.6 Å². The minimum absolute atomic E-state index is 0.0203. The van der Waals surface area contributed by atoms with E-state index in [1.807, 2.05) is 18.0 Å². The largest absolute Gasteiger partial charge is 0.494 e. The van der Waals surface area contributed by atoms with Crippen LogP contribution in [0.3, 0.4) is 0 Å². The predicted molar refractivity (Wildman–Crippen MR) is 190 cm³/mol. The molecule has 1 N–H and O–H groups in total. The van der Waals surface area contributed by atoms with Crippen molar-refractivity contribution in [3.05, 3.63) is 102 Å². The number of thioether (sulfide) groups is 1. The molecule has 14 heteroatoms. The average Bonchev–Trinajstić information content (AvgIpc) is 3.56. The maximum Gasteiger partial charge on any atom is 0.250 e. The lowest BCUT2D eigenvalue weighted by Crippen LogP contribution is -2.19. The maximum atomic E-state index is 15.5. The summed E-state index contributed by atoms with van der Waals surface area (Å²) < 4.78 is 73.4. The Balaban J connectivity index is 1.38. The Morgan fingerprint density at radius 2 is 1.51 bits per heavy atom. The summed E-state index contributed by atoms with van der Waals surface area (Å²) in [6, 6.07) is 18.9. The molecule has 5 rings (SSSR count). The van der Waals surface area contributed by atoms with Crippen LogP contribution in [0.2, 0.25) is 0 Å². The molecule has 0 aliphatic heterocycles. The molecule has 4 aromatic carbocycles. The van der Waals surface area contributed by atoms with E-state index in [1.165, 1.54) is 38.5 Å². The third-order valence-corrected chi connectivity index (χ3v) is 8.83. The van der Waals surface area contributed by atoms with Gasteiger partial charge in [-0.3, -0.25) is 9.36 Å². The number of nitrogens with zero attached hydrogens (tertiary/aromatic N) is 3. The fourth-order valence-electron chi connectivity index (χ4n) is 5.16. The first-order valence-electron chi connectivity index (χ1n) is 15.6. The Labute approximate surface area is 298 Å². The number of rotatable bonds is 16. The Morgan fingerprint density at radius 3 is 2.18 bits per heavy atom. The second-order valence-corrected chi connectivity index (χ2v) is 12.0. The first kappa shape index (κ1) is 37.1. The zero-order valence-electron chi connectivity index (χ0n) is 28.7. The van der Waals surface area contributed by atoms with Crippen LogP contribution in [0.4, 0.5) is 30.4 Å². The highest BCUT2D eigenvalue weighted by molar-refractivity contribution is 7.98.